The Kier molecular flexibility index (Phi) is 3.97. The van der Waals surface area contributed by atoms with Crippen LogP contribution in [0.5, 0.6) is 0 Å². The summed E-state index contributed by atoms with van der Waals surface area (Å²) in [6, 6.07) is 4.01. The molecule has 2 N–H and O–H groups in total. The van der Waals surface area contributed by atoms with Crippen molar-refractivity contribution >= 4 is 5.82 Å². The van der Waals surface area contributed by atoms with E-state index in [2.05, 4.69) is 30.0 Å². The van der Waals surface area contributed by atoms with E-state index in [0.717, 1.165) is 38.3 Å². The first kappa shape index (κ1) is 12.3. The van der Waals surface area contributed by atoms with E-state index in [4.69, 9.17) is 10.5 Å². The standard InChI is InChI=1S/C13H21N3O/c1-16(2)7-5-12-11(3-4-13(14)15-12)10-6-8-17-9-10/h3-4,10H,5-9H2,1-2H3,(H2,14,15). The number of pyridine rings is 1. The Morgan fingerprint density at radius 1 is 1.47 bits per heavy atom. The molecule has 1 saturated heterocycles. The van der Waals surface area contributed by atoms with Gasteiger partial charge < -0.3 is 15.4 Å². The maximum Gasteiger partial charge on any atom is 0.123 e. The van der Waals surface area contributed by atoms with E-state index in [-0.39, 0.29) is 0 Å². The molecule has 0 saturated carbocycles. The van der Waals surface area contributed by atoms with Gasteiger partial charge in [-0.15, -0.1) is 0 Å². The third-order valence-corrected chi connectivity index (χ3v) is 3.20. The maximum atomic E-state index is 5.78. The maximum absolute atomic E-state index is 5.78. The highest BCUT2D eigenvalue weighted by molar-refractivity contribution is 5.36. The van der Waals surface area contributed by atoms with Gasteiger partial charge in [-0.1, -0.05) is 6.07 Å². The van der Waals surface area contributed by atoms with Crippen molar-refractivity contribution in [1.82, 2.24) is 9.88 Å². The minimum Gasteiger partial charge on any atom is -0.384 e. The molecular weight excluding hydrogens is 214 g/mol. The molecule has 1 aliphatic heterocycles. The summed E-state index contributed by atoms with van der Waals surface area (Å²) in [4.78, 5) is 6.65. The second-order valence-electron chi connectivity index (χ2n) is 4.89. The van der Waals surface area contributed by atoms with Crippen molar-refractivity contribution in [3.05, 3.63) is 23.4 Å². The fourth-order valence-electron chi connectivity index (χ4n) is 2.21. The molecule has 1 atom stereocenters. The van der Waals surface area contributed by atoms with E-state index in [1.165, 1.54) is 5.56 Å². The van der Waals surface area contributed by atoms with Crippen LogP contribution < -0.4 is 5.73 Å². The Morgan fingerprint density at radius 3 is 2.94 bits per heavy atom. The minimum atomic E-state index is 0.500. The van der Waals surface area contributed by atoms with Crippen LogP contribution in [0.2, 0.25) is 0 Å². The van der Waals surface area contributed by atoms with Gasteiger partial charge in [0, 0.05) is 31.2 Å². The predicted molar refractivity (Wildman–Crippen MR) is 69.1 cm³/mol. The first-order valence-corrected chi connectivity index (χ1v) is 6.14. The number of aromatic nitrogens is 1. The summed E-state index contributed by atoms with van der Waals surface area (Å²) in [5.41, 5.74) is 8.23. The first-order chi connectivity index (χ1) is 8.16. The van der Waals surface area contributed by atoms with Gasteiger partial charge in [-0.2, -0.15) is 0 Å². The third kappa shape index (κ3) is 3.17. The molecule has 4 nitrogen and oxygen atoms in total. The molecule has 94 valence electrons. The Morgan fingerprint density at radius 2 is 2.29 bits per heavy atom. The number of nitrogens with zero attached hydrogens (tertiary/aromatic N) is 2. The van der Waals surface area contributed by atoms with Gasteiger partial charge in [0.15, 0.2) is 0 Å². The summed E-state index contributed by atoms with van der Waals surface area (Å²) in [5.74, 6) is 1.11. The lowest BCUT2D eigenvalue weighted by atomic mass is 9.95. The van der Waals surface area contributed by atoms with E-state index in [0.29, 0.717) is 11.7 Å². The quantitative estimate of drug-likeness (QED) is 0.854. The normalized spacial score (nSPS) is 20.1. The fraction of sp³-hybridized carbons (Fsp3) is 0.615. The number of nitrogen functional groups attached to an aromatic ring is 1. The monoisotopic (exact) mass is 235 g/mol. The van der Waals surface area contributed by atoms with Crippen molar-refractivity contribution in [2.24, 2.45) is 0 Å². The minimum absolute atomic E-state index is 0.500. The van der Waals surface area contributed by atoms with Crippen LogP contribution in [0.1, 0.15) is 23.6 Å². The van der Waals surface area contributed by atoms with Crippen LogP contribution in [-0.4, -0.2) is 43.7 Å². The van der Waals surface area contributed by atoms with Crippen LogP contribution in [0.3, 0.4) is 0 Å². The summed E-state index contributed by atoms with van der Waals surface area (Å²) in [6.45, 7) is 2.68. The fourth-order valence-corrected chi connectivity index (χ4v) is 2.21. The molecule has 0 radical (unpaired) electrons. The van der Waals surface area contributed by atoms with Crippen LogP contribution in [0, 0.1) is 0 Å². The molecule has 1 aromatic heterocycles. The number of rotatable bonds is 4. The zero-order valence-electron chi connectivity index (χ0n) is 10.6. The number of hydrogen-bond donors (Lipinski definition) is 1. The molecule has 1 unspecified atom stereocenters. The van der Waals surface area contributed by atoms with Gasteiger partial charge in [0.05, 0.1) is 6.61 Å². The van der Waals surface area contributed by atoms with Gasteiger partial charge in [-0.25, -0.2) is 4.98 Å². The molecule has 1 aliphatic rings. The molecule has 0 spiro atoms. The molecule has 0 amide bonds. The number of nitrogens with two attached hydrogens (primary N) is 1. The molecule has 4 heteroatoms. The topological polar surface area (TPSA) is 51.4 Å². The number of likely N-dealkylation sites (N-methyl/N-ethyl adjacent to an activating group) is 1. The lowest BCUT2D eigenvalue weighted by Gasteiger charge is -2.16. The average Bonchev–Trinajstić information content (AvgIpc) is 2.80. The van der Waals surface area contributed by atoms with Gasteiger partial charge >= 0.3 is 0 Å². The van der Waals surface area contributed by atoms with Gasteiger partial charge in [0.2, 0.25) is 0 Å². The Labute approximate surface area is 103 Å². The zero-order valence-corrected chi connectivity index (χ0v) is 10.6. The zero-order chi connectivity index (χ0) is 12.3. The average molecular weight is 235 g/mol. The molecule has 0 bridgehead atoms. The molecule has 1 aromatic rings. The van der Waals surface area contributed by atoms with Gasteiger partial charge in [0.1, 0.15) is 5.82 Å². The number of hydrogen-bond acceptors (Lipinski definition) is 4. The number of anilines is 1. The molecule has 1 fully saturated rings. The lowest BCUT2D eigenvalue weighted by Crippen LogP contribution is -2.17. The van der Waals surface area contributed by atoms with Gasteiger partial charge in [0.25, 0.3) is 0 Å². The van der Waals surface area contributed by atoms with Gasteiger partial charge in [-0.3, -0.25) is 0 Å². The van der Waals surface area contributed by atoms with E-state index < -0.39 is 0 Å². The second kappa shape index (κ2) is 5.47. The van der Waals surface area contributed by atoms with E-state index in [1.54, 1.807) is 0 Å². The summed E-state index contributed by atoms with van der Waals surface area (Å²) in [6.07, 6.45) is 2.05. The Bertz CT molecular complexity index is 373. The molecule has 2 rings (SSSR count). The molecule has 2 heterocycles. The predicted octanol–water partition coefficient (Wildman–Crippen LogP) is 1.27. The smallest absolute Gasteiger partial charge is 0.123 e. The van der Waals surface area contributed by atoms with Crippen molar-refractivity contribution in [2.75, 3.05) is 39.6 Å². The van der Waals surface area contributed by atoms with E-state index >= 15 is 0 Å². The lowest BCUT2D eigenvalue weighted by molar-refractivity contribution is 0.193. The second-order valence-corrected chi connectivity index (χ2v) is 4.89. The molecule has 0 aromatic carbocycles. The van der Waals surface area contributed by atoms with Crippen LogP contribution in [-0.2, 0) is 11.2 Å². The van der Waals surface area contributed by atoms with Crippen molar-refractivity contribution in [3.8, 4) is 0 Å². The highest BCUT2D eigenvalue weighted by Crippen LogP contribution is 2.28. The first-order valence-electron chi connectivity index (χ1n) is 6.14. The third-order valence-electron chi connectivity index (χ3n) is 3.20. The molecular formula is C13H21N3O. The highest BCUT2D eigenvalue weighted by Gasteiger charge is 2.21. The summed E-state index contributed by atoms with van der Waals surface area (Å²) < 4.78 is 5.45. The van der Waals surface area contributed by atoms with Gasteiger partial charge in [-0.05, 0) is 32.1 Å². The molecule has 0 aliphatic carbocycles. The molecule has 17 heavy (non-hydrogen) atoms. The summed E-state index contributed by atoms with van der Waals surface area (Å²) in [7, 11) is 4.15. The number of ether oxygens (including phenoxy) is 1. The Balaban J connectivity index is 2.17. The van der Waals surface area contributed by atoms with Crippen LogP contribution in [0.15, 0.2) is 12.1 Å². The van der Waals surface area contributed by atoms with Crippen molar-refractivity contribution in [2.45, 2.75) is 18.8 Å². The summed E-state index contributed by atoms with van der Waals surface area (Å²) >= 11 is 0. The van der Waals surface area contributed by atoms with Crippen molar-refractivity contribution in [1.29, 1.82) is 0 Å². The van der Waals surface area contributed by atoms with Crippen LogP contribution in [0.4, 0.5) is 5.82 Å². The Hall–Kier alpha value is -1.13. The van der Waals surface area contributed by atoms with E-state index in [9.17, 15) is 0 Å². The summed E-state index contributed by atoms with van der Waals surface area (Å²) in [5, 5.41) is 0. The SMILES string of the molecule is CN(C)CCc1nc(N)ccc1C1CCOC1. The van der Waals surface area contributed by atoms with Crippen molar-refractivity contribution < 1.29 is 4.74 Å². The van der Waals surface area contributed by atoms with Crippen LogP contribution in [0.25, 0.3) is 0 Å². The van der Waals surface area contributed by atoms with E-state index in [1.807, 2.05) is 6.07 Å². The highest BCUT2D eigenvalue weighted by atomic mass is 16.5. The largest absolute Gasteiger partial charge is 0.384 e. The van der Waals surface area contributed by atoms with Crippen molar-refractivity contribution in [3.63, 3.8) is 0 Å². The van der Waals surface area contributed by atoms with Crippen LogP contribution >= 0.6 is 0 Å².